The highest BCUT2D eigenvalue weighted by Gasteiger charge is 2.23. The molecule has 1 atom stereocenters. The molecule has 0 saturated carbocycles. The first-order valence-electron chi connectivity index (χ1n) is 9.51. The van der Waals surface area contributed by atoms with Gasteiger partial charge < -0.3 is 24.2 Å². The van der Waals surface area contributed by atoms with Crippen molar-refractivity contribution < 1.29 is 19.3 Å². The van der Waals surface area contributed by atoms with Gasteiger partial charge in [-0.1, -0.05) is 18.2 Å². The summed E-state index contributed by atoms with van der Waals surface area (Å²) in [5, 5.41) is 10.6. The van der Waals surface area contributed by atoms with Crippen LogP contribution in [0.5, 0.6) is 17.2 Å². The number of ether oxygens (including phenoxy) is 3. The number of β-amino-alcohol motifs (C(OH)–C–C–N with tert-alkyl or cyclic N) is 1. The van der Waals surface area contributed by atoms with Gasteiger partial charge in [0.15, 0.2) is 11.5 Å². The fourth-order valence-corrected chi connectivity index (χ4v) is 3.64. The number of aliphatic hydroxyl groups is 1. The molecule has 1 N–H and O–H groups in total. The molecule has 0 unspecified atom stereocenters. The van der Waals surface area contributed by atoms with Gasteiger partial charge in [0.1, 0.15) is 5.75 Å². The maximum absolute atomic E-state index is 10.6. The van der Waals surface area contributed by atoms with E-state index < -0.39 is 6.10 Å². The van der Waals surface area contributed by atoms with Crippen molar-refractivity contribution in [1.82, 2.24) is 4.90 Å². The standard InChI is InChI=1S/C21H26N2O4/c1-2-25-19-6-4-3-5-17(19)23-11-9-22(10-12-23)14-18(24)16-7-8-20-21(13-16)27-15-26-20/h3-8,13,18,24H,2,9-12,14-15H2,1H3/t18-/m1/s1. The Morgan fingerprint density at radius 1 is 1.04 bits per heavy atom. The predicted molar refractivity (Wildman–Crippen MR) is 104 cm³/mol. The van der Waals surface area contributed by atoms with Crippen LogP contribution in [0.4, 0.5) is 5.69 Å². The number of benzene rings is 2. The number of hydrogen-bond donors (Lipinski definition) is 1. The average Bonchev–Trinajstić information content (AvgIpc) is 3.17. The molecule has 1 saturated heterocycles. The van der Waals surface area contributed by atoms with Crippen molar-refractivity contribution in [2.24, 2.45) is 0 Å². The van der Waals surface area contributed by atoms with E-state index >= 15 is 0 Å². The summed E-state index contributed by atoms with van der Waals surface area (Å²) in [7, 11) is 0. The zero-order valence-electron chi connectivity index (χ0n) is 15.6. The lowest BCUT2D eigenvalue weighted by atomic mass is 10.1. The van der Waals surface area contributed by atoms with Gasteiger partial charge >= 0.3 is 0 Å². The first kappa shape index (κ1) is 17.9. The molecule has 2 aliphatic heterocycles. The molecule has 0 bridgehead atoms. The van der Waals surface area contributed by atoms with Gasteiger partial charge in [0.25, 0.3) is 0 Å². The summed E-state index contributed by atoms with van der Waals surface area (Å²) < 4.78 is 16.5. The summed E-state index contributed by atoms with van der Waals surface area (Å²) in [4.78, 5) is 4.66. The first-order valence-corrected chi connectivity index (χ1v) is 9.51. The van der Waals surface area contributed by atoms with Crippen LogP contribution in [-0.2, 0) is 0 Å². The van der Waals surface area contributed by atoms with Crippen LogP contribution in [0, 0.1) is 0 Å². The molecule has 6 heteroatoms. The Morgan fingerprint density at radius 3 is 2.63 bits per heavy atom. The Morgan fingerprint density at radius 2 is 1.81 bits per heavy atom. The Bertz CT molecular complexity index is 775. The SMILES string of the molecule is CCOc1ccccc1N1CCN(C[C@@H](O)c2ccc3c(c2)OCO3)CC1. The summed E-state index contributed by atoms with van der Waals surface area (Å²) in [6.07, 6.45) is -0.540. The van der Waals surface area contributed by atoms with Crippen LogP contribution in [0.2, 0.25) is 0 Å². The second-order valence-corrected chi connectivity index (χ2v) is 6.82. The van der Waals surface area contributed by atoms with Crippen molar-refractivity contribution in [2.45, 2.75) is 13.0 Å². The molecule has 4 rings (SSSR count). The van der Waals surface area contributed by atoms with Crippen molar-refractivity contribution in [2.75, 3.05) is 51.0 Å². The van der Waals surface area contributed by atoms with E-state index in [2.05, 4.69) is 15.9 Å². The Hall–Kier alpha value is -2.44. The number of para-hydroxylation sites is 2. The molecule has 0 aliphatic carbocycles. The molecule has 0 spiro atoms. The maximum Gasteiger partial charge on any atom is 0.231 e. The fraction of sp³-hybridized carbons (Fsp3) is 0.429. The monoisotopic (exact) mass is 370 g/mol. The number of nitrogens with zero attached hydrogens (tertiary/aromatic N) is 2. The van der Waals surface area contributed by atoms with E-state index in [1.165, 1.54) is 0 Å². The lowest BCUT2D eigenvalue weighted by molar-refractivity contribution is 0.109. The molecular weight excluding hydrogens is 344 g/mol. The van der Waals surface area contributed by atoms with Crippen LogP contribution in [0.3, 0.4) is 0 Å². The van der Waals surface area contributed by atoms with Gasteiger partial charge in [-0.15, -0.1) is 0 Å². The minimum Gasteiger partial charge on any atom is -0.492 e. The van der Waals surface area contributed by atoms with Crippen molar-refractivity contribution >= 4 is 5.69 Å². The summed E-state index contributed by atoms with van der Waals surface area (Å²) in [5.74, 6) is 2.39. The van der Waals surface area contributed by atoms with E-state index in [0.717, 1.165) is 48.9 Å². The van der Waals surface area contributed by atoms with Crippen LogP contribution in [0.25, 0.3) is 0 Å². The number of anilines is 1. The molecule has 1 fully saturated rings. The molecule has 2 aliphatic rings. The largest absolute Gasteiger partial charge is 0.492 e. The van der Waals surface area contributed by atoms with E-state index in [1.807, 2.05) is 43.3 Å². The lowest BCUT2D eigenvalue weighted by Gasteiger charge is -2.37. The van der Waals surface area contributed by atoms with Gasteiger partial charge in [-0.2, -0.15) is 0 Å². The quantitative estimate of drug-likeness (QED) is 0.844. The molecule has 0 aromatic heterocycles. The highest BCUT2D eigenvalue weighted by atomic mass is 16.7. The predicted octanol–water partition coefficient (Wildman–Crippen LogP) is 2.67. The molecule has 0 radical (unpaired) electrons. The minimum absolute atomic E-state index is 0.250. The topological polar surface area (TPSA) is 54.4 Å². The van der Waals surface area contributed by atoms with Crippen molar-refractivity contribution in [3.63, 3.8) is 0 Å². The van der Waals surface area contributed by atoms with E-state index in [0.29, 0.717) is 18.9 Å². The third-order valence-electron chi connectivity index (χ3n) is 5.09. The lowest BCUT2D eigenvalue weighted by Crippen LogP contribution is -2.47. The second kappa shape index (κ2) is 8.06. The smallest absolute Gasteiger partial charge is 0.231 e. The third kappa shape index (κ3) is 3.96. The van der Waals surface area contributed by atoms with Crippen LogP contribution >= 0.6 is 0 Å². The summed E-state index contributed by atoms with van der Waals surface area (Å²) in [6.45, 7) is 7.17. The highest BCUT2D eigenvalue weighted by Crippen LogP contribution is 2.34. The molecule has 0 amide bonds. The second-order valence-electron chi connectivity index (χ2n) is 6.82. The van der Waals surface area contributed by atoms with Gasteiger partial charge in [-0.25, -0.2) is 0 Å². The molecule has 2 aromatic carbocycles. The summed E-state index contributed by atoms with van der Waals surface area (Å²) in [6, 6.07) is 13.8. The number of aliphatic hydroxyl groups excluding tert-OH is 1. The fourth-order valence-electron chi connectivity index (χ4n) is 3.64. The molecule has 144 valence electrons. The molecule has 27 heavy (non-hydrogen) atoms. The zero-order chi connectivity index (χ0) is 18.6. The molecule has 6 nitrogen and oxygen atoms in total. The normalized spacial score (nSPS) is 17.8. The van der Waals surface area contributed by atoms with Crippen LogP contribution in [0.15, 0.2) is 42.5 Å². The van der Waals surface area contributed by atoms with E-state index in [4.69, 9.17) is 14.2 Å². The molecule has 2 aromatic rings. The van der Waals surface area contributed by atoms with E-state index in [-0.39, 0.29) is 6.79 Å². The van der Waals surface area contributed by atoms with E-state index in [1.54, 1.807) is 0 Å². The first-order chi connectivity index (χ1) is 13.2. The van der Waals surface area contributed by atoms with E-state index in [9.17, 15) is 5.11 Å². The summed E-state index contributed by atoms with van der Waals surface area (Å²) >= 11 is 0. The minimum atomic E-state index is -0.540. The van der Waals surface area contributed by atoms with Crippen LogP contribution in [0.1, 0.15) is 18.6 Å². The Labute approximate surface area is 159 Å². The van der Waals surface area contributed by atoms with Crippen LogP contribution < -0.4 is 19.1 Å². The highest BCUT2D eigenvalue weighted by molar-refractivity contribution is 5.58. The van der Waals surface area contributed by atoms with Crippen LogP contribution in [-0.4, -0.2) is 56.1 Å². The number of piperazine rings is 1. The third-order valence-corrected chi connectivity index (χ3v) is 5.09. The van der Waals surface area contributed by atoms with Crippen molar-refractivity contribution in [3.8, 4) is 17.2 Å². The van der Waals surface area contributed by atoms with Gasteiger partial charge in [0.05, 0.1) is 18.4 Å². The van der Waals surface area contributed by atoms with Gasteiger partial charge in [0.2, 0.25) is 6.79 Å². The maximum atomic E-state index is 10.6. The summed E-state index contributed by atoms with van der Waals surface area (Å²) in [5.41, 5.74) is 2.01. The average molecular weight is 370 g/mol. The van der Waals surface area contributed by atoms with Crippen molar-refractivity contribution in [3.05, 3.63) is 48.0 Å². The molecular formula is C21H26N2O4. The Balaban J connectivity index is 1.34. The van der Waals surface area contributed by atoms with Gasteiger partial charge in [-0.05, 0) is 36.8 Å². The number of hydrogen-bond acceptors (Lipinski definition) is 6. The van der Waals surface area contributed by atoms with Gasteiger partial charge in [-0.3, -0.25) is 4.90 Å². The Kier molecular flexibility index (Phi) is 5.36. The van der Waals surface area contributed by atoms with Gasteiger partial charge in [0, 0.05) is 32.7 Å². The zero-order valence-corrected chi connectivity index (χ0v) is 15.6. The number of fused-ring (bicyclic) bond motifs is 1. The molecule has 2 heterocycles. The van der Waals surface area contributed by atoms with Crippen molar-refractivity contribution in [1.29, 1.82) is 0 Å². The number of rotatable bonds is 6.